The van der Waals surface area contributed by atoms with Gasteiger partial charge in [-0.2, -0.15) is 18.3 Å². The van der Waals surface area contributed by atoms with E-state index in [1.165, 1.54) is 10.9 Å². The van der Waals surface area contributed by atoms with Crippen molar-refractivity contribution in [3.05, 3.63) is 18.0 Å². The van der Waals surface area contributed by atoms with E-state index < -0.39 is 11.9 Å². The summed E-state index contributed by atoms with van der Waals surface area (Å²) in [5, 5.41) is 6.85. The topological polar surface area (TPSA) is 29.9 Å². The normalized spacial score (nSPS) is 12.3. The predicted octanol–water partition coefficient (Wildman–Crippen LogP) is 3.32. The van der Waals surface area contributed by atoms with Crippen LogP contribution in [0.25, 0.3) is 0 Å². The summed E-state index contributed by atoms with van der Waals surface area (Å²) in [6.07, 6.45) is -0.0688. The molecule has 0 bridgehead atoms. The van der Waals surface area contributed by atoms with Crippen LogP contribution in [0.5, 0.6) is 0 Å². The number of nitrogens with zero attached hydrogens (tertiary/aromatic N) is 2. The number of hydrogen-bond donors (Lipinski definition) is 1. The highest BCUT2D eigenvalue weighted by atomic mass is 19.4. The molecule has 1 aromatic heterocycles. The smallest absolute Gasteiger partial charge is 0.316 e. The van der Waals surface area contributed by atoms with E-state index in [1.807, 2.05) is 0 Å². The molecule has 0 aliphatic carbocycles. The highest BCUT2D eigenvalue weighted by Gasteiger charge is 2.33. The van der Waals surface area contributed by atoms with Crippen LogP contribution in [0, 0.1) is 5.92 Å². The maximum Gasteiger partial charge on any atom is 0.435 e. The average Bonchev–Trinajstić information content (AvgIpc) is 2.75. The van der Waals surface area contributed by atoms with E-state index in [1.54, 1.807) is 0 Å². The first-order chi connectivity index (χ1) is 8.89. The molecule has 3 nitrogen and oxygen atoms in total. The van der Waals surface area contributed by atoms with Gasteiger partial charge in [0.25, 0.3) is 0 Å². The van der Waals surface area contributed by atoms with Gasteiger partial charge in [0.2, 0.25) is 0 Å². The van der Waals surface area contributed by atoms with Crippen LogP contribution in [0.3, 0.4) is 0 Å². The third kappa shape index (κ3) is 6.61. The molecule has 1 aromatic rings. The molecule has 110 valence electrons. The van der Waals surface area contributed by atoms with Crippen molar-refractivity contribution in [2.75, 3.05) is 13.1 Å². The summed E-state index contributed by atoms with van der Waals surface area (Å²) in [7, 11) is 0. The van der Waals surface area contributed by atoms with Crippen LogP contribution in [0.4, 0.5) is 13.2 Å². The van der Waals surface area contributed by atoms with Crippen molar-refractivity contribution in [1.29, 1.82) is 0 Å². The van der Waals surface area contributed by atoms with Crippen molar-refractivity contribution < 1.29 is 13.2 Å². The van der Waals surface area contributed by atoms with E-state index in [4.69, 9.17) is 0 Å². The van der Waals surface area contributed by atoms with Gasteiger partial charge in [0.05, 0.1) is 0 Å². The van der Waals surface area contributed by atoms with Crippen LogP contribution in [-0.2, 0) is 12.7 Å². The lowest BCUT2D eigenvalue weighted by atomic mass is 10.2. The van der Waals surface area contributed by atoms with Gasteiger partial charge in [0.1, 0.15) is 0 Å². The van der Waals surface area contributed by atoms with Crippen LogP contribution >= 0.6 is 0 Å². The Bertz CT molecular complexity index is 358. The van der Waals surface area contributed by atoms with Gasteiger partial charge in [-0.1, -0.05) is 20.3 Å². The third-order valence-corrected chi connectivity index (χ3v) is 2.72. The Labute approximate surface area is 112 Å². The maximum atomic E-state index is 12.3. The van der Waals surface area contributed by atoms with Crippen LogP contribution < -0.4 is 5.32 Å². The lowest BCUT2D eigenvalue weighted by Crippen LogP contribution is -2.20. The molecule has 0 amide bonds. The molecular formula is C13H22F3N3. The van der Waals surface area contributed by atoms with E-state index in [-0.39, 0.29) is 0 Å². The fourth-order valence-electron chi connectivity index (χ4n) is 1.73. The van der Waals surface area contributed by atoms with Gasteiger partial charge in [-0.15, -0.1) is 0 Å². The highest BCUT2D eigenvalue weighted by molar-refractivity contribution is 5.03. The first-order valence-electron chi connectivity index (χ1n) is 6.71. The van der Waals surface area contributed by atoms with Gasteiger partial charge in [-0.25, -0.2) is 0 Å². The molecule has 0 aliphatic heterocycles. The zero-order valence-electron chi connectivity index (χ0n) is 11.5. The Kier molecular flexibility index (Phi) is 6.34. The van der Waals surface area contributed by atoms with E-state index >= 15 is 0 Å². The molecule has 0 aromatic carbocycles. The van der Waals surface area contributed by atoms with Gasteiger partial charge < -0.3 is 5.32 Å². The predicted molar refractivity (Wildman–Crippen MR) is 68.8 cm³/mol. The Morgan fingerprint density at radius 2 is 2.00 bits per heavy atom. The number of nitrogens with one attached hydrogen (secondary N) is 1. The SMILES string of the molecule is CC(C)CNCCCCCn1ccc(C(F)(F)F)n1. The number of rotatable bonds is 8. The molecule has 0 saturated carbocycles. The molecule has 0 radical (unpaired) electrons. The summed E-state index contributed by atoms with van der Waals surface area (Å²) in [5.41, 5.74) is -0.814. The second kappa shape index (κ2) is 7.53. The molecule has 1 N–H and O–H groups in total. The van der Waals surface area contributed by atoms with Gasteiger partial charge in [0, 0.05) is 12.7 Å². The Hall–Kier alpha value is -1.04. The zero-order valence-corrected chi connectivity index (χ0v) is 11.5. The fraction of sp³-hybridized carbons (Fsp3) is 0.769. The third-order valence-electron chi connectivity index (χ3n) is 2.72. The van der Waals surface area contributed by atoms with Crippen LogP contribution in [0.2, 0.25) is 0 Å². The second-order valence-electron chi connectivity index (χ2n) is 5.12. The first-order valence-corrected chi connectivity index (χ1v) is 6.71. The van der Waals surface area contributed by atoms with Crippen LogP contribution in [0.15, 0.2) is 12.3 Å². The summed E-state index contributed by atoms with van der Waals surface area (Å²) < 4.78 is 38.3. The summed E-state index contributed by atoms with van der Waals surface area (Å²) in [4.78, 5) is 0. The Balaban J connectivity index is 2.11. The molecular weight excluding hydrogens is 255 g/mol. The van der Waals surface area contributed by atoms with Crippen molar-refractivity contribution in [1.82, 2.24) is 15.1 Å². The maximum absolute atomic E-state index is 12.3. The summed E-state index contributed by atoms with van der Waals surface area (Å²) in [5.74, 6) is 0.643. The van der Waals surface area contributed by atoms with Crippen LogP contribution in [0.1, 0.15) is 38.8 Å². The fourth-order valence-corrected chi connectivity index (χ4v) is 1.73. The van der Waals surface area contributed by atoms with Gasteiger partial charge in [0.15, 0.2) is 5.69 Å². The van der Waals surface area contributed by atoms with Gasteiger partial charge in [-0.3, -0.25) is 4.68 Å². The monoisotopic (exact) mass is 277 g/mol. The molecule has 0 saturated heterocycles. The molecule has 0 atom stereocenters. The van der Waals surface area contributed by atoms with Gasteiger partial charge >= 0.3 is 6.18 Å². The molecule has 0 aliphatic rings. The highest BCUT2D eigenvalue weighted by Crippen LogP contribution is 2.27. The number of hydrogen-bond acceptors (Lipinski definition) is 2. The molecule has 0 fully saturated rings. The van der Waals surface area contributed by atoms with Crippen molar-refractivity contribution in [3.63, 3.8) is 0 Å². The number of alkyl halides is 3. The minimum Gasteiger partial charge on any atom is -0.316 e. The molecule has 0 spiro atoms. The average molecular weight is 277 g/mol. The van der Waals surface area contributed by atoms with Gasteiger partial charge in [-0.05, 0) is 37.9 Å². The standard InChI is InChI=1S/C13H22F3N3/c1-11(2)10-17-7-4-3-5-8-19-9-6-12(18-19)13(14,15)16/h6,9,11,17H,3-5,7-8,10H2,1-2H3. The first kappa shape index (κ1) is 16.0. The summed E-state index contributed by atoms with van der Waals surface area (Å²) in [6, 6.07) is 1.02. The van der Waals surface area contributed by atoms with Crippen molar-refractivity contribution in [3.8, 4) is 0 Å². The van der Waals surface area contributed by atoms with E-state index in [9.17, 15) is 13.2 Å². The van der Waals surface area contributed by atoms with E-state index in [0.717, 1.165) is 38.4 Å². The molecule has 1 rings (SSSR count). The number of aryl methyl sites for hydroxylation is 1. The number of halogens is 3. The second-order valence-corrected chi connectivity index (χ2v) is 5.12. The summed E-state index contributed by atoms with van der Waals surface area (Å²) >= 11 is 0. The minimum absolute atomic E-state index is 0.542. The molecule has 6 heteroatoms. The van der Waals surface area contributed by atoms with E-state index in [0.29, 0.717) is 12.5 Å². The molecule has 0 unspecified atom stereocenters. The number of unbranched alkanes of at least 4 members (excludes halogenated alkanes) is 2. The Morgan fingerprint density at radius 1 is 1.26 bits per heavy atom. The van der Waals surface area contributed by atoms with Crippen LogP contribution in [-0.4, -0.2) is 22.9 Å². The summed E-state index contributed by atoms with van der Waals surface area (Å²) in [6.45, 7) is 6.82. The largest absolute Gasteiger partial charge is 0.435 e. The quantitative estimate of drug-likeness (QED) is 0.739. The molecule has 19 heavy (non-hydrogen) atoms. The number of aromatic nitrogens is 2. The van der Waals surface area contributed by atoms with Crippen molar-refractivity contribution in [2.45, 2.75) is 45.8 Å². The lowest BCUT2D eigenvalue weighted by Gasteiger charge is -2.07. The lowest BCUT2D eigenvalue weighted by molar-refractivity contribution is -0.141. The van der Waals surface area contributed by atoms with Crippen molar-refractivity contribution in [2.24, 2.45) is 5.92 Å². The molecule has 1 heterocycles. The zero-order chi connectivity index (χ0) is 14.3. The minimum atomic E-state index is -4.34. The Morgan fingerprint density at radius 3 is 2.58 bits per heavy atom. The van der Waals surface area contributed by atoms with E-state index in [2.05, 4.69) is 24.3 Å². The van der Waals surface area contributed by atoms with Crippen molar-refractivity contribution >= 4 is 0 Å².